The van der Waals surface area contributed by atoms with Crippen LogP contribution in [0.25, 0.3) is 0 Å². The minimum atomic E-state index is -0.259. The first-order valence-electron chi connectivity index (χ1n) is 7.98. The van der Waals surface area contributed by atoms with Gasteiger partial charge in [0.1, 0.15) is 0 Å². The van der Waals surface area contributed by atoms with Gasteiger partial charge in [-0.1, -0.05) is 30.3 Å². The summed E-state index contributed by atoms with van der Waals surface area (Å²) in [6.45, 7) is 1.61. The fourth-order valence-corrected chi connectivity index (χ4v) is 2.67. The molecule has 6 nitrogen and oxygen atoms in total. The first kappa shape index (κ1) is 16.1. The summed E-state index contributed by atoms with van der Waals surface area (Å²) in [4.78, 5) is 30.1. The molecule has 0 aliphatic carbocycles. The van der Waals surface area contributed by atoms with Gasteiger partial charge in [0.25, 0.3) is 0 Å². The third-order valence-corrected chi connectivity index (χ3v) is 4.03. The van der Waals surface area contributed by atoms with Gasteiger partial charge in [0.05, 0.1) is 24.5 Å². The highest BCUT2D eigenvalue weighted by atomic mass is 16.2. The maximum atomic E-state index is 12.2. The van der Waals surface area contributed by atoms with E-state index < -0.39 is 0 Å². The Hall–Kier alpha value is -2.73. The molecular weight excluding hydrogens is 304 g/mol. The Kier molecular flexibility index (Phi) is 5.18. The molecule has 124 valence electrons. The molecule has 1 aliphatic heterocycles. The summed E-state index contributed by atoms with van der Waals surface area (Å²) in [5, 5.41) is 5.40. The SMILES string of the molecule is O=C(CNC(=O)C1CCN1Cc1ccccc1)Nc1cccnc1. The molecule has 1 unspecified atom stereocenters. The topological polar surface area (TPSA) is 74.3 Å². The Labute approximate surface area is 140 Å². The van der Waals surface area contributed by atoms with Crippen LogP contribution in [-0.2, 0) is 16.1 Å². The lowest BCUT2D eigenvalue weighted by atomic mass is 10.0. The molecule has 2 N–H and O–H groups in total. The lowest BCUT2D eigenvalue weighted by Crippen LogP contribution is -2.56. The molecule has 2 amide bonds. The number of anilines is 1. The Morgan fingerprint density at radius 1 is 1.17 bits per heavy atom. The summed E-state index contributed by atoms with van der Waals surface area (Å²) in [5.74, 6) is -0.358. The lowest BCUT2D eigenvalue weighted by molar-refractivity contribution is -0.132. The Morgan fingerprint density at radius 2 is 2.00 bits per heavy atom. The van der Waals surface area contributed by atoms with Crippen LogP contribution in [-0.4, -0.2) is 40.8 Å². The smallest absolute Gasteiger partial charge is 0.243 e. The molecule has 6 heteroatoms. The number of pyridine rings is 1. The van der Waals surface area contributed by atoms with Gasteiger partial charge in [0.15, 0.2) is 0 Å². The zero-order valence-electron chi connectivity index (χ0n) is 13.3. The van der Waals surface area contributed by atoms with Crippen LogP contribution in [0.3, 0.4) is 0 Å². The van der Waals surface area contributed by atoms with Crippen molar-refractivity contribution in [1.82, 2.24) is 15.2 Å². The molecule has 2 heterocycles. The molecule has 1 aromatic carbocycles. The van der Waals surface area contributed by atoms with Crippen molar-refractivity contribution in [2.45, 2.75) is 19.0 Å². The number of carbonyl (C=O) groups is 2. The van der Waals surface area contributed by atoms with Gasteiger partial charge in [-0.3, -0.25) is 19.5 Å². The Bertz CT molecular complexity index is 691. The highest BCUT2D eigenvalue weighted by molar-refractivity contribution is 5.95. The summed E-state index contributed by atoms with van der Waals surface area (Å²) < 4.78 is 0. The molecule has 1 saturated heterocycles. The summed E-state index contributed by atoms with van der Waals surface area (Å²) in [7, 11) is 0. The average Bonchev–Trinajstić information content (AvgIpc) is 2.59. The monoisotopic (exact) mass is 324 g/mol. The molecule has 1 fully saturated rings. The maximum Gasteiger partial charge on any atom is 0.243 e. The number of nitrogens with one attached hydrogen (secondary N) is 2. The quantitative estimate of drug-likeness (QED) is 0.842. The number of nitrogens with zero attached hydrogens (tertiary/aromatic N) is 2. The van der Waals surface area contributed by atoms with Crippen LogP contribution in [0.4, 0.5) is 5.69 Å². The molecule has 0 radical (unpaired) electrons. The Balaban J connectivity index is 1.44. The van der Waals surface area contributed by atoms with Crippen molar-refractivity contribution in [3.8, 4) is 0 Å². The molecule has 2 aromatic rings. The molecule has 0 saturated carbocycles. The number of likely N-dealkylation sites (tertiary alicyclic amines) is 1. The first-order valence-corrected chi connectivity index (χ1v) is 7.98. The second-order valence-electron chi connectivity index (χ2n) is 5.77. The highest BCUT2D eigenvalue weighted by Gasteiger charge is 2.33. The zero-order valence-corrected chi connectivity index (χ0v) is 13.3. The zero-order chi connectivity index (χ0) is 16.8. The van der Waals surface area contributed by atoms with E-state index in [-0.39, 0.29) is 24.4 Å². The van der Waals surface area contributed by atoms with Crippen molar-refractivity contribution in [2.75, 3.05) is 18.4 Å². The molecule has 1 aliphatic rings. The van der Waals surface area contributed by atoms with Crippen molar-refractivity contribution in [3.63, 3.8) is 0 Å². The molecule has 0 bridgehead atoms. The molecule has 24 heavy (non-hydrogen) atoms. The number of hydrogen-bond acceptors (Lipinski definition) is 4. The fourth-order valence-electron chi connectivity index (χ4n) is 2.67. The van der Waals surface area contributed by atoms with E-state index in [2.05, 4.69) is 32.7 Å². The second-order valence-corrected chi connectivity index (χ2v) is 5.77. The number of carbonyl (C=O) groups excluding carboxylic acids is 2. The number of rotatable bonds is 6. The largest absolute Gasteiger partial charge is 0.346 e. The predicted octanol–water partition coefficient (Wildman–Crippen LogP) is 1.41. The molecular formula is C18H20N4O2. The van der Waals surface area contributed by atoms with Crippen LogP contribution < -0.4 is 10.6 Å². The van der Waals surface area contributed by atoms with Crippen LogP contribution in [0.5, 0.6) is 0 Å². The van der Waals surface area contributed by atoms with Gasteiger partial charge in [0, 0.05) is 19.3 Å². The van der Waals surface area contributed by atoms with Gasteiger partial charge in [-0.25, -0.2) is 0 Å². The van der Waals surface area contributed by atoms with E-state index in [9.17, 15) is 9.59 Å². The minimum absolute atomic E-state index is 0.0383. The third-order valence-electron chi connectivity index (χ3n) is 4.03. The summed E-state index contributed by atoms with van der Waals surface area (Å²) in [6, 6.07) is 13.4. The van der Waals surface area contributed by atoms with Crippen molar-refractivity contribution in [1.29, 1.82) is 0 Å². The molecule has 0 spiro atoms. The van der Waals surface area contributed by atoms with Gasteiger partial charge in [-0.05, 0) is 24.1 Å². The van der Waals surface area contributed by atoms with Gasteiger partial charge in [0.2, 0.25) is 11.8 Å². The first-order chi connectivity index (χ1) is 11.7. The normalized spacial score (nSPS) is 16.9. The van der Waals surface area contributed by atoms with Crippen molar-refractivity contribution >= 4 is 17.5 Å². The van der Waals surface area contributed by atoms with E-state index >= 15 is 0 Å². The van der Waals surface area contributed by atoms with E-state index in [1.54, 1.807) is 24.5 Å². The number of aromatic nitrogens is 1. The van der Waals surface area contributed by atoms with E-state index in [0.29, 0.717) is 5.69 Å². The molecule has 1 aromatic heterocycles. The van der Waals surface area contributed by atoms with Crippen LogP contribution in [0.15, 0.2) is 54.9 Å². The second kappa shape index (κ2) is 7.70. The maximum absolute atomic E-state index is 12.2. The molecule has 3 rings (SSSR count). The number of amides is 2. The number of hydrogen-bond donors (Lipinski definition) is 2. The molecule has 1 atom stereocenters. The highest BCUT2D eigenvalue weighted by Crippen LogP contribution is 2.20. The van der Waals surface area contributed by atoms with E-state index in [4.69, 9.17) is 0 Å². The van der Waals surface area contributed by atoms with E-state index in [1.165, 1.54) is 5.56 Å². The van der Waals surface area contributed by atoms with Gasteiger partial charge >= 0.3 is 0 Å². The number of benzene rings is 1. The van der Waals surface area contributed by atoms with Crippen molar-refractivity contribution in [2.24, 2.45) is 0 Å². The van der Waals surface area contributed by atoms with Crippen LogP contribution in [0, 0.1) is 0 Å². The average molecular weight is 324 g/mol. The van der Waals surface area contributed by atoms with E-state index in [0.717, 1.165) is 19.5 Å². The van der Waals surface area contributed by atoms with Crippen LogP contribution >= 0.6 is 0 Å². The van der Waals surface area contributed by atoms with Crippen LogP contribution in [0.1, 0.15) is 12.0 Å². The van der Waals surface area contributed by atoms with Crippen molar-refractivity contribution < 1.29 is 9.59 Å². The van der Waals surface area contributed by atoms with Crippen molar-refractivity contribution in [3.05, 3.63) is 60.4 Å². The standard InChI is InChI=1S/C18H20N4O2/c23-17(21-15-7-4-9-19-11-15)12-20-18(24)16-8-10-22(16)13-14-5-2-1-3-6-14/h1-7,9,11,16H,8,10,12-13H2,(H,20,24)(H,21,23). The Morgan fingerprint density at radius 3 is 2.67 bits per heavy atom. The summed E-state index contributed by atoms with van der Waals surface area (Å²) in [6.07, 6.45) is 4.02. The van der Waals surface area contributed by atoms with E-state index in [1.807, 2.05) is 18.2 Å². The predicted molar refractivity (Wildman–Crippen MR) is 91.1 cm³/mol. The lowest BCUT2D eigenvalue weighted by Gasteiger charge is -2.39. The third kappa shape index (κ3) is 4.17. The van der Waals surface area contributed by atoms with Gasteiger partial charge in [-0.2, -0.15) is 0 Å². The van der Waals surface area contributed by atoms with Gasteiger partial charge in [-0.15, -0.1) is 0 Å². The summed E-state index contributed by atoms with van der Waals surface area (Å²) >= 11 is 0. The van der Waals surface area contributed by atoms with Crippen LogP contribution in [0.2, 0.25) is 0 Å². The fraction of sp³-hybridized carbons (Fsp3) is 0.278. The summed E-state index contributed by atoms with van der Waals surface area (Å²) in [5.41, 5.74) is 1.80. The van der Waals surface area contributed by atoms with Gasteiger partial charge < -0.3 is 10.6 Å². The minimum Gasteiger partial charge on any atom is -0.346 e.